The number of pyridine rings is 1. The van der Waals surface area contributed by atoms with Crippen molar-refractivity contribution in [1.29, 1.82) is 0 Å². The Morgan fingerprint density at radius 3 is 2.36 bits per heavy atom. The first-order valence-corrected chi connectivity index (χ1v) is 15.3. The summed E-state index contributed by atoms with van der Waals surface area (Å²) in [5.74, 6) is -5.29. The van der Waals surface area contributed by atoms with Gasteiger partial charge in [-0.2, -0.15) is 0 Å². The van der Waals surface area contributed by atoms with E-state index in [4.69, 9.17) is 5.73 Å². The minimum absolute atomic E-state index is 0.0278. The third-order valence-corrected chi connectivity index (χ3v) is 9.65. The summed E-state index contributed by atoms with van der Waals surface area (Å²) < 4.78 is -0.976. The zero-order valence-electron chi connectivity index (χ0n) is 25.6. The Kier molecular flexibility index (Phi) is 8.59. The van der Waals surface area contributed by atoms with Crippen LogP contribution in [-0.2, 0) is 24.0 Å². The molecule has 246 valence electrons. The zero-order chi connectivity index (χ0) is 34.5. The number of anilines is 1. The number of nitrogens with two attached hydrogens (primary N) is 1. The number of amides is 5. The molecular formula is C31H32N6O9S. The van der Waals surface area contributed by atoms with E-state index in [0.717, 1.165) is 22.9 Å². The fourth-order valence-electron chi connectivity index (χ4n) is 5.77. The smallest absolute Gasteiger partial charge is 0.327 e. The van der Waals surface area contributed by atoms with Crippen molar-refractivity contribution in [3.63, 3.8) is 0 Å². The van der Waals surface area contributed by atoms with Crippen molar-refractivity contribution >= 4 is 63.9 Å². The van der Waals surface area contributed by atoms with E-state index in [9.17, 15) is 43.8 Å². The van der Waals surface area contributed by atoms with E-state index in [2.05, 4.69) is 15.6 Å². The Labute approximate surface area is 271 Å². The minimum Gasteiger partial charge on any atom is -0.508 e. The molecule has 5 rings (SSSR count). The lowest BCUT2D eigenvalue weighted by Crippen LogP contribution is -2.72. The lowest BCUT2D eigenvalue weighted by atomic mass is 9.94. The van der Waals surface area contributed by atoms with Gasteiger partial charge in [0, 0.05) is 34.5 Å². The Morgan fingerprint density at radius 2 is 1.74 bits per heavy atom. The number of carboxylic acids is 1. The van der Waals surface area contributed by atoms with Gasteiger partial charge in [0.05, 0.1) is 0 Å². The topological polar surface area (TPSA) is 232 Å². The largest absolute Gasteiger partial charge is 0.508 e. The van der Waals surface area contributed by atoms with Crippen LogP contribution in [0.4, 0.5) is 5.69 Å². The minimum atomic E-state index is -1.50. The van der Waals surface area contributed by atoms with E-state index in [0.29, 0.717) is 10.4 Å². The van der Waals surface area contributed by atoms with Gasteiger partial charge in [-0.25, -0.2) is 4.79 Å². The van der Waals surface area contributed by atoms with Crippen molar-refractivity contribution in [2.75, 3.05) is 5.32 Å². The molecule has 0 aliphatic carbocycles. The maximum absolute atomic E-state index is 14.2. The lowest BCUT2D eigenvalue weighted by molar-refractivity contribution is -0.166. The molecule has 7 N–H and O–H groups in total. The molecule has 2 unspecified atom stereocenters. The quantitative estimate of drug-likeness (QED) is 0.185. The fourth-order valence-corrected chi connectivity index (χ4v) is 7.45. The third-order valence-electron chi connectivity index (χ3n) is 8.09. The summed E-state index contributed by atoms with van der Waals surface area (Å²) in [5.41, 5.74) is 5.63. The maximum atomic E-state index is 14.2. The standard InChI is InChI=1S/C31H32N6O9S/c1-13(34-14(2)38)25(41)35-16-7-10-20-18(11-16)23(40)19(12-33-20)26(42)36(27(43)21(32)15-5-8-17(39)9-6-15)22-28(44)37-24(30(45)46)31(3,4)47-29(22)37/h5-13,21-22,24,29,39H,32H2,1-4H3,(H,33,40)(H,34,38)(H,35,41)(H,45,46)/t13?,21?,22-,24+,29-/m1/s1. The summed E-state index contributed by atoms with van der Waals surface area (Å²) in [7, 11) is 0. The average Bonchev–Trinajstić information content (AvgIpc) is 3.26. The summed E-state index contributed by atoms with van der Waals surface area (Å²) in [6.07, 6.45) is 1.10. The number of hydrogen-bond acceptors (Lipinski definition) is 10. The first kappa shape index (κ1) is 33.2. The number of nitrogens with one attached hydrogen (secondary N) is 3. The Hall–Kier alpha value is -5.22. The number of imide groups is 1. The molecule has 15 nitrogen and oxygen atoms in total. The van der Waals surface area contributed by atoms with E-state index < -0.39 is 80.8 Å². The number of carbonyl (C=O) groups excluding carboxylic acids is 5. The first-order chi connectivity index (χ1) is 22.0. The van der Waals surface area contributed by atoms with Crippen molar-refractivity contribution in [2.24, 2.45) is 5.73 Å². The highest BCUT2D eigenvalue weighted by atomic mass is 32.2. The second-order valence-electron chi connectivity index (χ2n) is 11.8. The monoisotopic (exact) mass is 664 g/mol. The Bertz CT molecular complexity index is 1890. The number of H-pyrrole nitrogens is 1. The molecular weight excluding hydrogens is 632 g/mol. The highest BCUT2D eigenvalue weighted by Gasteiger charge is 2.66. The predicted molar refractivity (Wildman–Crippen MR) is 170 cm³/mol. The van der Waals surface area contributed by atoms with Gasteiger partial charge in [0.15, 0.2) is 0 Å². The van der Waals surface area contributed by atoms with Gasteiger partial charge >= 0.3 is 5.97 Å². The number of aromatic nitrogens is 1. The van der Waals surface area contributed by atoms with Crippen LogP contribution in [-0.4, -0.2) is 88.7 Å². The van der Waals surface area contributed by atoms with Crippen LogP contribution in [0.25, 0.3) is 10.9 Å². The second kappa shape index (κ2) is 12.2. The van der Waals surface area contributed by atoms with E-state index >= 15 is 0 Å². The van der Waals surface area contributed by atoms with Crippen LogP contribution in [0.2, 0.25) is 0 Å². The number of phenolic OH excluding ortho intramolecular Hbond substituents is 1. The van der Waals surface area contributed by atoms with Gasteiger partial charge in [-0.05, 0) is 56.7 Å². The van der Waals surface area contributed by atoms with Gasteiger partial charge < -0.3 is 36.5 Å². The summed E-state index contributed by atoms with van der Waals surface area (Å²) in [4.78, 5) is 96.1. The molecule has 2 aliphatic heterocycles. The van der Waals surface area contributed by atoms with Crippen LogP contribution in [0, 0.1) is 0 Å². The molecule has 0 saturated carbocycles. The van der Waals surface area contributed by atoms with Crippen LogP contribution in [0.15, 0.2) is 53.5 Å². The highest BCUT2D eigenvalue weighted by Crippen LogP contribution is 2.52. The van der Waals surface area contributed by atoms with E-state index in [1.54, 1.807) is 13.8 Å². The number of aromatic amines is 1. The number of rotatable bonds is 8. The average molecular weight is 665 g/mol. The number of nitrogens with zero attached hydrogens (tertiary/aromatic N) is 2. The van der Waals surface area contributed by atoms with Crippen LogP contribution in [0.3, 0.4) is 0 Å². The molecule has 2 fully saturated rings. The van der Waals surface area contributed by atoms with E-state index in [-0.39, 0.29) is 22.4 Å². The van der Waals surface area contributed by atoms with Crippen molar-refractivity contribution < 1.29 is 39.0 Å². The first-order valence-electron chi connectivity index (χ1n) is 14.4. The molecule has 16 heteroatoms. The predicted octanol–water partition coefficient (Wildman–Crippen LogP) is 0.881. The summed E-state index contributed by atoms with van der Waals surface area (Å²) >= 11 is 1.11. The highest BCUT2D eigenvalue weighted by molar-refractivity contribution is 8.01. The number of aliphatic carboxylic acids is 1. The molecule has 2 aliphatic rings. The molecule has 2 aromatic carbocycles. The van der Waals surface area contributed by atoms with Gasteiger partial charge in [0.1, 0.15) is 40.9 Å². The van der Waals surface area contributed by atoms with Gasteiger partial charge in [-0.1, -0.05) is 12.1 Å². The molecule has 0 spiro atoms. The molecule has 5 atom stereocenters. The van der Waals surface area contributed by atoms with Crippen molar-refractivity contribution in [3.8, 4) is 5.75 Å². The summed E-state index contributed by atoms with van der Waals surface area (Å²) in [6, 6.07) is 4.55. The van der Waals surface area contributed by atoms with Crippen LogP contribution < -0.4 is 21.8 Å². The van der Waals surface area contributed by atoms with Crippen LogP contribution in [0.1, 0.15) is 49.7 Å². The van der Waals surface area contributed by atoms with Crippen molar-refractivity contribution in [2.45, 2.75) is 62.0 Å². The number of hydrogen-bond donors (Lipinski definition) is 6. The van der Waals surface area contributed by atoms with Gasteiger partial charge in [0.2, 0.25) is 17.2 Å². The lowest BCUT2D eigenvalue weighted by Gasteiger charge is -2.47. The molecule has 1 aromatic heterocycles. The zero-order valence-corrected chi connectivity index (χ0v) is 26.5. The number of β-lactam (4-membered cyclic amide) rings is 1. The fraction of sp³-hybridized carbons (Fsp3) is 0.323. The van der Waals surface area contributed by atoms with Crippen LogP contribution >= 0.6 is 11.8 Å². The molecule has 2 saturated heterocycles. The SMILES string of the molecule is CC(=O)NC(C)C(=O)Nc1ccc2[nH]cc(C(=O)N(C(=O)C(N)c3ccc(O)cc3)[C@@H]3C(=O)N4[C@@H]3SC(C)(C)[C@@H]4C(=O)O)c(=O)c2c1. The summed E-state index contributed by atoms with van der Waals surface area (Å²) in [6.45, 7) is 6.00. The van der Waals surface area contributed by atoms with Crippen molar-refractivity contribution in [1.82, 2.24) is 20.1 Å². The molecule has 3 aromatic rings. The van der Waals surface area contributed by atoms with Gasteiger partial charge in [-0.15, -0.1) is 11.8 Å². The number of phenols is 1. The Balaban J connectivity index is 1.55. The van der Waals surface area contributed by atoms with Gasteiger partial charge in [-0.3, -0.25) is 33.7 Å². The molecule has 5 amide bonds. The number of fused-ring (bicyclic) bond motifs is 2. The normalized spacial score (nSPS) is 20.8. The van der Waals surface area contributed by atoms with Gasteiger partial charge in [0.25, 0.3) is 17.7 Å². The van der Waals surface area contributed by atoms with Crippen LogP contribution in [0.5, 0.6) is 5.75 Å². The van der Waals surface area contributed by atoms with E-state index in [1.807, 2.05) is 0 Å². The second-order valence-corrected chi connectivity index (χ2v) is 13.6. The molecule has 47 heavy (non-hydrogen) atoms. The Morgan fingerprint density at radius 1 is 1.09 bits per heavy atom. The number of benzene rings is 2. The molecule has 0 radical (unpaired) electrons. The third kappa shape index (κ3) is 5.92. The number of aromatic hydroxyl groups is 1. The summed E-state index contributed by atoms with van der Waals surface area (Å²) in [5, 5.41) is 23.6. The molecule has 3 heterocycles. The maximum Gasteiger partial charge on any atom is 0.327 e. The molecule has 0 bridgehead atoms. The number of carboxylic acid groups (broad SMARTS) is 1. The number of carbonyl (C=O) groups is 6. The number of thioether (sulfide) groups is 1. The van der Waals surface area contributed by atoms with Crippen molar-refractivity contribution in [3.05, 3.63) is 70.0 Å². The van der Waals surface area contributed by atoms with E-state index in [1.165, 1.54) is 56.3 Å².